The van der Waals surface area contributed by atoms with Crippen LogP contribution < -0.4 is 4.90 Å². The molecule has 4 aliphatic rings. The smallest absolute Gasteiger partial charge is 0.226 e. The van der Waals surface area contributed by atoms with Crippen molar-refractivity contribution in [3.8, 4) is 0 Å². The molecule has 1 amide bonds. The maximum Gasteiger partial charge on any atom is 0.226 e. The highest BCUT2D eigenvalue weighted by Gasteiger charge is 2.47. The molecular weight excluding hydrogens is 368 g/mol. The SMILES string of the molecule is C[C@@H]1CN(c2ncc3c(n2)[C@]2(CCN(C(=O)C4CC=CC4)C2)COC3)C[C@@H](C)O1. The lowest BCUT2D eigenvalue weighted by molar-refractivity contribution is -0.134. The van der Waals surface area contributed by atoms with Gasteiger partial charge >= 0.3 is 0 Å². The van der Waals surface area contributed by atoms with E-state index in [9.17, 15) is 4.79 Å². The van der Waals surface area contributed by atoms with E-state index in [-0.39, 0.29) is 29.4 Å². The Morgan fingerprint density at radius 3 is 2.72 bits per heavy atom. The zero-order valence-electron chi connectivity index (χ0n) is 17.3. The Morgan fingerprint density at radius 1 is 1.21 bits per heavy atom. The molecular formula is C22H30N4O3. The molecule has 3 atom stereocenters. The van der Waals surface area contributed by atoms with E-state index < -0.39 is 0 Å². The van der Waals surface area contributed by atoms with Gasteiger partial charge in [0.05, 0.1) is 36.5 Å². The molecule has 0 unspecified atom stereocenters. The molecule has 0 aromatic carbocycles. The number of hydrogen-bond acceptors (Lipinski definition) is 6. The minimum Gasteiger partial charge on any atom is -0.376 e. The first-order valence-electron chi connectivity index (χ1n) is 10.8. The van der Waals surface area contributed by atoms with Crippen molar-refractivity contribution in [3.63, 3.8) is 0 Å². The van der Waals surface area contributed by atoms with Crippen LogP contribution >= 0.6 is 0 Å². The van der Waals surface area contributed by atoms with Crippen LogP contribution in [-0.2, 0) is 26.3 Å². The fourth-order valence-electron chi connectivity index (χ4n) is 5.33. The second-order valence-electron chi connectivity index (χ2n) is 9.13. The van der Waals surface area contributed by atoms with Gasteiger partial charge in [0.25, 0.3) is 0 Å². The molecule has 1 spiro atoms. The molecule has 2 saturated heterocycles. The van der Waals surface area contributed by atoms with Gasteiger partial charge < -0.3 is 19.3 Å². The van der Waals surface area contributed by atoms with E-state index in [2.05, 4.69) is 35.9 Å². The van der Waals surface area contributed by atoms with Gasteiger partial charge in [-0.2, -0.15) is 0 Å². The van der Waals surface area contributed by atoms with Gasteiger partial charge in [-0.05, 0) is 33.1 Å². The maximum atomic E-state index is 13.0. The molecule has 156 valence electrons. The molecule has 2 fully saturated rings. The third-order valence-corrected chi connectivity index (χ3v) is 6.72. The second kappa shape index (κ2) is 7.36. The lowest BCUT2D eigenvalue weighted by Gasteiger charge is -2.38. The number of likely N-dealkylation sites (tertiary alicyclic amines) is 1. The monoisotopic (exact) mass is 398 g/mol. The van der Waals surface area contributed by atoms with Crippen molar-refractivity contribution in [2.24, 2.45) is 5.92 Å². The number of carbonyl (C=O) groups is 1. The summed E-state index contributed by atoms with van der Waals surface area (Å²) in [6, 6.07) is 0. The van der Waals surface area contributed by atoms with Crippen molar-refractivity contribution in [3.05, 3.63) is 29.6 Å². The Morgan fingerprint density at radius 2 is 1.97 bits per heavy atom. The Kier molecular flexibility index (Phi) is 4.82. The molecule has 0 saturated carbocycles. The van der Waals surface area contributed by atoms with Crippen LogP contribution in [-0.4, -0.2) is 65.8 Å². The zero-order valence-corrected chi connectivity index (χ0v) is 17.3. The quantitative estimate of drug-likeness (QED) is 0.711. The first-order chi connectivity index (χ1) is 14.0. The Hall–Kier alpha value is -1.99. The van der Waals surface area contributed by atoms with E-state index in [0.29, 0.717) is 19.8 Å². The first kappa shape index (κ1) is 19.0. The number of morpholine rings is 1. The number of anilines is 1. The largest absolute Gasteiger partial charge is 0.376 e. The number of fused-ring (bicyclic) bond motifs is 2. The van der Waals surface area contributed by atoms with Crippen LogP contribution in [0.3, 0.4) is 0 Å². The van der Waals surface area contributed by atoms with Crippen LogP contribution in [0.5, 0.6) is 0 Å². The third-order valence-electron chi connectivity index (χ3n) is 6.72. The Balaban J connectivity index is 1.40. The number of amides is 1. The number of rotatable bonds is 2. The molecule has 4 heterocycles. The van der Waals surface area contributed by atoms with Crippen LogP contribution in [0.2, 0.25) is 0 Å². The van der Waals surface area contributed by atoms with Crippen LogP contribution in [0.4, 0.5) is 5.95 Å². The minimum absolute atomic E-state index is 0.117. The van der Waals surface area contributed by atoms with Crippen LogP contribution in [0.25, 0.3) is 0 Å². The molecule has 29 heavy (non-hydrogen) atoms. The summed E-state index contributed by atoms with van der Waals surface area (Å²) >= 11 is 0. The van der Waals surface area contributed by atoms with E-state index in [1.54, 1.807) is 0 Å². The van der Waals surface area contributed by atoms with Gasteiger partial charge in [-0.25, -0.2) is 9.97 Å². The van der Waals surface area contributed by atoms with Crippen molar-refractivity contribution in [2.75, 3.05) is 37.7 Å². The number of allylic oxidation sites excluding steroid dienone is 2. The average Bonchev–Trinajstić information content (AvgIpc) is 3.38. The Labute approximate surface area is 172 Å². The Bertz CT molecular complexity index is 810. The summed E-state index contributed by atoms with van der Waals surface area (Å²) in [4.78, 5) is 26.9. The number of ether oxygens (including phenoxy) is 2. The van der Waals surface area contributed by atoms with Crippen molar-refractivity contribution in [2.45, 2.75) is 57.3 Å². The number of nitrogens with zero attached hydrogens (tertiary/aromatic N) is 4. The normalized spacial score (nSPS) is 32.2. The predicted octanol–water partition coefficient (Wildman–Crippen LogP) is 2.06. The summed E-state index contributed by atoms with van der Waals surface area (Å²) in [6.07, 6.45) is 9.14. The van der Waals surface area contributed by atoms with Crippen molar-refractivity contribution in [1.82, 2.24) is 14.9 Å². The summed E-state index contributed by atoms with van der Waals surface area (Å²) in [5.41, 5.74) is 1.93. The van der Waals surface area contributed by atoms with Crippen molar-refractivity contribution in [1.29, 1.82) is 0 Å². The summed E-state index contributed by atoms with van der Waals surface area (Å²) in [5, 5.41) is 0. The van der Waals surface area contributed by atoms with Gasteiger partial charge in [-0.15, -0.1) is 0 Å². The van der Waals surface area contributed by atoms with Crippen LogP contribution in [0.15, 0.2) is 18.3 Å². The topological polar surface area (TPSA) is 67.8 Å². The highest BCUT2D eigenvalue weighted by molar-refractivity contribution is 5.80. The standard InChI is InChI=1S/C22H30N4O3/c1-15-10-26(11-16(2)29-15)21-23-9-18-12-28-14-22(19(18)24-21)7-8-25(13-22)20(27)17-5-3-4-6-17/h3-4,9,15-17H,5-8,10-14H2,1-2H3/t15-,16-,22+/m1/s1. The van der Waals surface area contributed by atoms with E-state index in [4.69, 9.17) is 14.5 Å². The van der Waals surface area contributed by atoms with Gasteiger partial charge in [0.1, 0.15) is 0 Å². The molecule has 7 heteroatoms. The predicted molar refractivity (Wildman–Crippen MR) is 109 cm³/mol. The molecule has 5 rings (SSSR count). The first-order valence-corrected chi connectivity index (χ1v) is 10.8. The van der Waals surface area contributed by atoms with Gasteiger partial charge in [0.2, 0.25) is 11.9 Å². The minimum atomic E-state index is -0.212. The van der Waals surface area contributed by atoms with Crippen molar-refractivity contribution < 1.29 is 14.3 Å². The summed E-state index contributed by atoms with van der Waals surface area (Å²) in [7, 11) is 0. The highest BCUT2D eigenvalue weighted by Crippen LogP contribution is 2.40. The summed E-state index contributed by atoms with van der Waals surface area (Å²) in [6.45, 7) is 8.43. The average molecular weight is 399 g/mol. The van der Waals surface area contributed by atoms with E-state index >= 15 is 0 Å². The fourth-order valence-corrected chi connectivity index (χ4v) is 5.33. The van der Waals surface area contributed by atoms with Gasteiger partial charge in [0.15, 0.2) is 0 Å². The number of carbonyl (C=O) groups excluding carboxylic acids is 1. The fraction of sp³-hybridized carbons (Fsp3) is 0.682. The molecule has 1 aliphatic carbocycles. The van der Waals surface area contributed by atoms with Gasteiger partial charge in [-0.3, -0.25) is 4.79 Å². The van der Waals surface area contributed by atoms with Crippen LogP contribution in [0.1, 0.15) is 44.4 Å². The second-order valence-corrected chi connectivity index (χ2v) is 9.13. The van der Waals surface area contributed by atoms with Crippen molar-refractivity contribution >= 4 is 11.9 Å². The highest BCUT2D eigenvalue weighted by atomic mass is 16.5. The molecule has 3 aliphatic heterocycles. The number of hydrogen-bond donors (Lipinski definition) is 0. The molecule has 0 radical (unpaired) electrons. The molecule has 1 aromatic rings. The molecule has 1 aromatic heterocycles. The van der Waals surface area contributed by atoms with E-state index in [1.165, 1.54) is 0 Å². The summed E-state index contributed by atoms with van der Waals surface area (Å²) < 4.78 is 11.8. The molecule has 7 nitrogen and oxygen atoms in total. The van der Waals surface area contributed by atoms with Gasteiger partial charge in [0, 0.05) is 43.9 Å². The van der Waals surface area contributed by atoms with Gasteiger partial charge in [-0.1, -0.05) is 12.2 Å². The summed E-state index contributed by atoms with van der Waals surface area (Å²) in [5.74, 6) is 1.17. The zero-order chi connectivity index (χ0) is 20.0. The molecule has 0 N–H and O–H groups in total. The third kappa shape index (κ3) is 3.44. The lowest BCUT2D eigenvalue weighted by atomic mass is 9.80. The maximum absolute atomic E-state index is 13.0. The lowest BCUT2D eigenvalue weighted by Crippen LogP contribution is -2.47. The number of aromatic nitrogens is 2. The van der Waals surface area contributed by atoms with Crippen LogP contribution in [0, 0.1) is 5.92 Å². The molecule has 0 bridgehead atoms. The van der Waals surface area contributed by atoms with E-state index in [1.807, 2.05) is 11.1 Å². The van der Waals surface area contributed by atoms with E-state index in [0.717, 1.165) is 56.1 Å².